The fourth-order valence-electron chi connectivity index (χ4n) is 6.52. The molecule has 196 valence electrons. The van der Waals surface area contributed by atoms with Gasteiger partial charge in [0.1, 0.15) is 12.2 Å². The molecule has 0 spiro atoms. The highest BCUT2D eigenvalue weighted by Gasteiger charge is 2.49. The van der Waals surface area contributed by atoms with Crippen molar-refractivity contribution in [2.45, 2.75) is 83.3 Å². The van der Waals surface area contributed by atoms with Gasteiger partial charge in [-0.2, -0.15) is 0 Å². The summed E-state index contributed by atoms with van der Waals surface area (Å²) < 4.78 is 6.82. The SMILES string of the molecule is CC[C@@]1(O)C(=O)OCc2c1cc1n(c2=O)Cc2c-1nc1cc(C)c(C)c3c1c2[C@@H](NC(=O)C1(O)CC1)CC3. The number of carbonyl (C=O) groups excluding carboxylic acids is 2. The van der Waals surface area contributed by atoms with Crippen molar-refractivity contribution in [3.05, 3.63) is 61.4 Å². The maximum Gasteiger partial charge on any atom is 0.343 e. The maximum atomic E-state index is 13.7. The number of hydrogen-bond acceptors (Lipinski definition) is 7. The van der Waals surface area contributed by atoms with Gasteiger partial charge in [0, 0.05) is 16.5 Å². The van der Waals surface area contributed by atoms with Crippen LogP contribution < -0.4 is 10.9 Å². The first-order valence-corrected chi connectivity index (χ1v) is 13.2. The number of fused-ring (bicyclic) bond motifs is 5. The zero-order valence-corrected chi connectivity index (χ0v) is 21.6. The maximum absolute atomic E-state index is 13.7. The van der Waals surface area contributed by atoms with Gasteiger partial charge in [0.15, 0.2) is 5.60 Å². The zero-order valence-electron chi connectivity index (χ0n) is 21.6. The summed E-state index contributed by atoms with van der Waals surface area (Å²) in [7, 11) is 0. The first-order valence-electron chi connectivity index (χ1n) is 13.2. The van der Waals surface area contributed by atoms with Crippen LogP contribution in [0.25, 0.3) is 22.3 Å². The van der Waals surface area contributed by atoms with E-state index in [9.17, 15) is 24.6 Å². The summed E-state index contributed by atoms with van der Waals surface area (Å²) in [5, 5.41) is 25.8. The van der Waals surface area contributed by atoms with Crippen molar-refractivity contribution >= 4 is 22.8 Å². The molecule has 3 N–H and O–H groups in total. The number of hydrogen-bond donors (Lipinski definition) is 3. The number of cyclic esters (lactones) is 1. The molecule has 4 heterocycles. The van der Waals surface area contributed by atoms with Gasteiger partial charge in [-0.25, -0.2) is 9.78 Å². The van der Waals surface area contributed by atoms with Gasteiger partial charge < -0.3 is 24.8 Å². The number of nitrogens with zero attached hydrogens (tertiary/aromatic N) is 2. The van der Waals surface area contributed by atoms with Gasteiger partial charge in [-0.05, 0) is 80.3 Å². The summed E-state index contributed by atoms with van der Waals surface area (Å²) in [6.07, 6.45) is 2.43. The number of esters is 1. The van der Waals surface area contributed by atoms with Crippen LogP contribution in [0, 0.1) is 13.8 Å². The molecule has 0 radical (unpaired) electrons. The third-order valence-electron chi connectivity index (χ3n) is 9.15. The van der Waals surface area contributed by atoms with Gasteiger partial charge in [0.2, 0.25) is 0 Å². The lowest BCUT2D eigenvalue weighted by Crippen LogP contribution is -2.44. The van der Waals surface area contributed by atoms with Crippen LogP contribution in [0.15, 0.2) is 16.9 Å². The second-order valence-corrected chi connectivity index (χ2v) is 11.2. The zero-order chi connectivity index (χ0) is 26.7. The highest BCUT2D eigenvalue weighted by Crippen LogP contribution is 2.46. The average molecular weight is 516 g/mol. The number of pyridine rings is 2. The van der Waals surface area contributed by atoms with Gasteiger partial charge in [-0.1, -0.05) is 6.92 Å². The standard InChI is InChI=1S/C29H29N3O6/c1-4-29(37)18-10-21-24-16(11-32(21)25(33)17(18)12-38-27(29)35)23-19(31-26(34)28(36)7-8-28)6-5-15-14(3)13(2)9-20(30-24)22(15)23/h9-10,19,36-37H,4-8,11-12H2,1-3H3,(H,31,34)/t19-,29-/m0/s1. The van der Waals surface area contributed by atoms with Crippen LogP contribution in [-0.2, 0) is 39.5 Å². The Balaban J connectivity index is 1.49. The molecule has 4 aliphatic rings. The van der Waals surface area contributed by atoms with Gasteiger partial charge >= 0.3 is 5.97 Å². The molecule has 3 aromatic rings. The van der Waals surface area contributed by atoms with Crippen molar-refractivity contribution in [2.75, 3.05) is 0 Å². The highest BCUT2D eigenvalue weighted by atomic mass is 16.6. The predicted octanol–water partition coefficient (Wildman–Crippen LogP) is 2.32. The fraction of sp³-hybridized carbons (Fsp3) is 0.448. The molecule has 7 rings (SSSR count). The summed E-state index contributed by atoms with van der Waals surface area (Å²) in [4.78, 5) is 44.2. The number of benzene rings is 1. The molecule has 2 aliphatic heterocycles. The topological polar surface area (TPSA) is 131 Å². The Labute approximate surface area is 218 Å². The second kappa shape index (κ2) is 7.51. The monoisotopic (exact) mass is 515 g/mol. The molecule has 9 heteroatoms. The molecule has 1 fully saturated rings. The van der Waals surface area contributed by atoms with Gasteiger partial charge in [-0.15, -0.1) is 0 Å². The van der Waals surface area contributed by atoms with Crippen molar-refractivity contribution < 1.29 is 24.5 Å². The van der Waals surface area contributed by atoms with E-state index in [1.165, 1.54) is 11.1 Å². The molecule has 0 bridgehead atoms. The number of amides is 1. The minimum Gasteiger partial charge on any atom is -0.458 e. The van der Waals surface area contributed by atoms with Gasteiger partial charge in [0.05, 0.1) is 35.1 Å². The Bertz CT molecular complexity index is 1680. The number of aromatic nitrogens is 2. The Morgan fingerprint density at radius 2 is 1.95 bits per heavy atom. The second-order valence-electron chi connectivity index (χ2n) is 11.2. The molecule has 0 unspecified atom stereocenters. The third kappa shape index (κ3) is 2.94. The van der Waals surface area contributed by atoms with Crippen LogP contribution in [0.3, 0.4) is 0 Å². The van der Waals surface area contributed by atoms with Crippen LogP contribution >= 0.6 is 0 Å². The van der Waals surface area contributed by atoms with Crippen molar-refractivity contribution in [3.8, 4) is 11.4 Å². The summed E-state index contributed by atoms with van der Waals surface area (Å²) in [5.74, 6) is -1.12. The number of nitrogens with one attached hydrogen (secondary N) is 1. The lowest BCUT2D eigenvalue weighted by Gasteiger charge is -2.31. The molecule has 2 aromatic heterocycles. The van der Waals surface area contributed by atoms with Crippen LogP contribution in [0.1, 0.15) is 77.6 Å². The van der Waals surface area contributed by atoms with E-state index in [2.05, 4.69) is 19.2 Å². The summed E-state index contributed by atoms with van der Waals surface area (Å²) in [6.45, 7) is 5.91. The van der Waals surface area contributed by atoms with Crippen LogP contribution in [0.5, 0.6) is 0 Å². The molecule has 1 amide bonds. The number of rotatable bonds is 3. The molecular formula is C29H29N3O6. The quantitative estimate of drug-likeness (QED) is 0.357. The highest BCUT2D eigenvalue weighted by molar-refractivity contribution is 5.95. The molecular weight excluding hydrogens is 486 g/mol. The molecule has 2 atom stereocenters. The average Bonchev–Trinajstić information content (AvgIpc) is 3.55. The molecule has 38 heavy (non-hydrogen) atoms. The number of aliphatic hydroxyl groups is 2. The Morgan fingerprint density at radius 1 is 1.18 bits per heavy atom. The van der Waals surface area contributed by atoms with E-state index in [0.29, 0.717) is 30.7 Å². The third-order valence-corrected chi connectivity index (χ3v) is 9.15. The van der Waals surface area contributed by atoms with Crippen molar-refractivity contribution in [3.63, 3.8) is 0 Å². The van der Waals surface area contributed by atoms with Gasteiger partial charge in [-0.3, -0.25) is 9.59 Å². The van der Waals surface area contributed by atoms with E-state index in [1.54, 1.807) is 17.6 Å². The van der Waals surface area contributed by atoms with Crippen LogP contribution in [0.4, 0.5) is 0 Å². The van der Waals surface area contributed by atoms with E-state index >= 15 is 0 Å². The van der Waals surface area contributed by atoms with E-state index in [0.717, 1.165) is 34.0 Å². The minimum atomic E-state index is -1.90. The van der Waals surface area contributed by atoms with Crippen molar-refractivity contribution in [2.24, 2.45) is 0 Å². The Morgan fingerprint density at radius 3 is 2.66 bits per heavy atom. The fourth-order valence-corrected chi connectivity index (χ4v) is 6.52. The van der Waals surface area contributed by atoms with E-state index in [1.807, 2.05) is 6.07 Å². The molecule has 2 aliphatic carbocycles. The van der Waals surface area contributed by atoms with Gasteiger partial charge in [0.25, 0.3) is 11.5 Å². The Hall–Kier alpha value is -3.56. The first-order chi connectivity index (χ1) is 18.1. The number of aryl methyl sites for hydroxylation is 2. The summed E-state index contributed by atoms with van der Waals surface area (Å²) in [5.41, 5.74) is 4.27. The first kappa shape index (κ1) is 23.5. The Kier molecular flexibility index (Phi) is 4.66. The van der Waals surface area contributed by atoms with Crippen LogP contribution in [-0.4, -0.2) is 37.2 Å². The predicted molar refractivity (Wildman–Crippen MR) is 137 cm³/mol. The lowest BCUT2D eigenvalue weighted by atomic mass is 9.80. The summed E-state index contributed by atoms with van der Waals surface area (Å²) in [6, 6.07) is 3.41. The molecule has 1 saturated carbocycles. The minimum absolute atomic E-state index is 0.0732. The largest absolute Gasteiger partial charge is 0.458 e. The van der Waals surface area contributed by atoms with E-state index in [4.69, 9.17) is 9.72 Å². The van der Waals surface area contributed by atoms with E-state index < -0.39 is 17.2 Å². The molecule has 0 saturated heterocycles. The lowest BCUT2D eigenvalue weighted by molar-refractivity contribution is -0.172. The number of carbonyl (C=O) groups is 2. The molecule has 9 nitrogen and oxygen atoms in total. The van der Waals surface area contributed by atoms with Crippen molar-refractivity contribution in [1.82, 2.24) is 14.9 Å². The van der Waals surface area contributed by atoms with E-state index in [-0.39, 0.29) is 48.2 Å². The summed E-state index contributed by atoms with van der Waals surface area (Å²) >= 11 is 0. The smallest absolute Gasteiger partial charge is 0.343 e. The van der Waals surface area contributed by atoms with Crippen LogP contribution in [0.2, 0.25) is 0 Å². The molecule has 1 aromatic carbocycles. The number of ether oxygens (including phenoxy) is 1. The normalized spacial score (nSPS) is 23.9. The van der Waals surface area contributed by atoms with Crippen molar-refractivity contribution in [1.29, 1.82) is 0 Å².